The van der Waals surface area contributed by atoms with Crippen LogP contribution in [-0.4, -0.2) is 16.8 Å². The van der Waals surface area contributed by atoms with Crippen LogP contribution in [0.3, 0.4) is 0 Å². The van der Waals surface area contributed by atoms with E-state index in [1.807, 2.05) is 7.05 Å². The fourth-order valence-corrected chi connectivity index (χ4v) is 2.60. The smallest absolute Gasteiger partial charge is 0.0546 e. The van der Waals surface area contributed by atoms with Crippen molar-refractivity contribution in [1.29, 1.82) is 0 Å². The number of nitrogens with zero attached hydrogens (tertiary/aromatic N) is 2. The molecular formula is C13H23N3. The van der Waals surface area contributed by atoms with Gasteiger partial charge in [-0.1, -0.05) is 6.42 Å². The van der Waals surface area contributed by atoms with Gasteiger partial charge in [0.2, 0.25) is 0 Å². The molecule has 1 unspecified atom stereocenters. The number of hydrogen-bond acceptors (Lipinski definition) is 2. The molecule has 90 valence electrons. The Bertz CT molecular complexity index is 360. The number of fused-ring (bicyclic) bond motifs is 1. The van der Waals surface area contributed by atoms with Crippen molar-refractivity contribution in [2.45, 2.75) is 58.0 Å². The minimum atomic E-state index is 0.0935. The highest BCUT2D eigenvalue weighted by atomic mass is 15.3. The molecule has 0 radical (unpaired) electrons. The predicted octanol–water partition coefficient (Wildman–Crippen LogP) is 2.63. The van der Waals surface area contributed by atoms with E-state index in [9.17, 15) is 0 Å². The molecule has 0 spiro atoms. The van der Waals surface area contributed by atoms with Crippen LogP contribution in [0, 0.1) is 0 Å². The van der Waals surface area contributed by atoms with Gasteiger partial charge >= 0.3 is 0 Å². The Kier molecular flexibility index (Phi) is 3.06. The van der Waals surface area contributed by atoms with Gasteiger partial charge in [-0.2, -0.15) is 5.10 Å². The van der Waals surface area contributed by atoms with Gasteiger partial charge in [-0.25, -0.2) is 0 Å². The molecule has 0 aliphatic heterocycles. The molecule has 1 aliphatic carbocycles. The highest BCUT2D eigenvalue weighted by molar-refractivity contribution is 5.24. The number of rotatable bonds is 1. The van der Waals surface area contributed by atoms with Crippen LogP contribution in [0.25, 0.3) is 0 Å². The van der Waals surface area contributed by atoms with Gasteiger partial charge < -0.3 is 5.32 Å². The summed E-state index contributed by atoms with van der Waals surface area (Å²) in [6.07, 6.45) is 7.06. The molecule has 1 aromatic heterocycles. The van der Waals surface area contributed by atoms with Crippen molar-refractivity contribution in [3.8, 4) is 0 Å². The third-order valence-electron chi connectivity index (χ3n) is 3.42. The van der Waals surface area contributed by atoms with Crippen LogP contribution in [0.4, 0.5) is 0 Å². The molecule has 2 rings (SSSR count). The summed E-state index contributed by atoms with van der Waals surface area (Å²) in [7, 11) is 2.05. The predicted molar refractivity (Wildman–Crippen MR) is 66.6 cm³/mol. The third kappa shape index (κ3) is 2.01. The molecule has 0 aromatic carbocycles. The summed E-state index contributed by atoms with van der Waals surface area (Å²) in [6, 6.07) is 0.494. The summed E-state index contributed by atoms with van der Waals surface area (Å²) in [6.45, 7) is 6.67. The second-order valence-corrected chi connectivity index (χ2v) is 5.72. The summed E-state index contributed by atoms with van der Waals surface area (Å²) in [5, 5.41) is 8.00. The van der Waals surface area contributed by atoms with Gasteiger partial charge in [0.25, 0.3) is 0 Å². The van der Waals surface area contributed by atoms with Crippen LogP contribution in [0.2, 0.25) is 0 Å². The summed E-state index contributed by atoms with van der Waals surface area (Å²) in [5.74, 6) is 0. The molecule has 1 atom stereocenters. The van der Waals surface area contributed by atoms with Crippen molar-refractivity contribution in [2.24, 2.45) is 0 Å². The molecule has 1 heterocycles. The monoisotopic (exact) mass is 221 g/mol. The molecule has 1 aromatic rings. The minimum absolute atomic E-state index is 0.0935. The van der Waals surface area contributed by atoms with E-state index in [2.05, 4.69) is 42.1 Å². The SMILES string of the molecule is CNC1CCCCc2c1cnn2C(C)(C)C. The van der Waals surface area contributed by atoms with Gasteiger partial charge in [0.1, 0.15) is 0 Å². The summed E-state index contributed by atoms with van der Waals surface area (Å²) in [5.41, 5.74) is 2.94. The Balaban J connectivity index is 2.43. The maximum atomic E-state index is 4.59. The Morgan fingerprint density at radius 1 is 1.38 bits per heavy atom. The second kappa shape index (κ2) is 4.21. The van der Waals surface area contributed by atoms with Gasteiger partial charge in [0.05, 0.1) is 11.7 Å². The van der Waals surface area contributed by atoms with Crippen LogP contribution >= 0.6 is 0 Å². The van der Waals surface area contributed by atoms with Gasteiger partial charge in [-0.15, -0.1) is 0 Å². The van der Waals surface area contributed by atoms with E-state index in [0.29, 0.717) is 6.04 Å². The quantitative estimate of drug-likeness (QED) is 0.739. The highest BCUT2D eigenvalue weighted by Crippen LogP contribution is 2.30. The van der Waals surface area contributed by atoms with E-state index in [4.69, 9.17) is 0 Å². The van der Waals surface area contributed by atoms with Crippen LogP contribution < -0.4 is 5.32 Å². The van der Waals surface area contributed by atoms with Crippen molar-refractivity contribution in [3.63, 3.8) is 0 Å². The lowest BCUT2D eigenvalue weighted by Gasteiger charge is -2.23. The molecule has 1 aliphatic rings. The lowest BCUT2D eigenvalue weighted by atomic mass is 10.0. The van der Waals surface area contributed by atoms with Gasteiger partial charge in [0.15, 0.2) is 0 Å². The molecule has 3 heteroatoms. The Hall–Kier alpha value is -0.830. The fraction of sp³-hybridized carbons (Fsp3) is 0.769. The fourth-order valence-electron chi connectivity index (χ4n) is 2.60. The van der Waals surface area contributed by atoms with Gasteiger partial charge in [-0.05, 0) is 47.1 Å². The Labute approximate surface area is 98.2 Å². The lowest BCUT2D eigenvalue weighted by molar-refractivity contribution is 0.342. The van der Waals surface area contributed by atoms with Crippen LogP contribution in [0.15, 0.2) is 6.20 Å². The first-order valence-electron chi connectivity index (χ1n) is 6.28. The summed E-state index contributed by atoms with van der Waals surface area (Å²) >= 11 is 0. The van der Waals surface area contributed by atoms with E-state index in [1.165, 1.54) is 36.9 Å². The first-order chi connectivity index (χ1) is 7.54. The largest absolute Gasteiger partial charge is 0.313 e. The van der Waals surface area contributed by atoms with Crippen molar-refractivity contribution in [1.82, 2.24) is 15.1 Å². The maximum absolute atomic E-state index is 4.59. The summed E-state index contributed by atoms with van der Waals surface area (Å²) < 4.78 is 2.21. The normalized spacial score (nSPS) is 21.6. The number of nitrogens with one attached hydrogen (secondary N) is 1. The average molecular weight is 221 g/mol. The molecule has 0 saturated heterocycles. The van der Waals surface area contributed by atoms with Crippen molar-refractivity contribution < 1.29 is 0 Å². The van der Waals surface area contributed by atoms with E-state index >= 15 is 0 Å². The van der Waals surface area contributed by atoms with Crippen LogP contribution in [0.5, 0.6) is 0 Å². The van der Waals surface area contributed by atoms with E-state index in [-0.39, 0.29) is 5.54 Å². The molecule has 3 nitrogen and oxygen atoms in total. The summed E-state index contributed by atoms with van der Waals surface area (Å²) in [4.78, 5) is 0. The minimum Gasteiger partial charge on any atom is -0.313 e. The third-order valence-corrected chi connectivity index (χ3v) is 3.42. The van der Waals surface area contributed by atoms with E-state index in [0.717, 1.165) is 0 Å². The maximum Gasteiger partial charge on any atom is 0.0546 e. The van der Waals surface area contributed by atoms with Gasteiger partial charge in [-0.3, -0.25) is 4.68 Å². The van der Waals surface area contributed by atoms with E-state index in [1.54, 1.807) is 0 Å². The lowest BCUT2D eigenvalue weighted by Crippen LogP contribution is -2.26. The van der Waals surface area contributed by atoms with Crippen LogP contribution in [0.1, 0.15) is 57.3 Å². The second-order valence-electron chi connectivity index (χ2n) is 5.72. The molecular weight excluding hydrogens is 198 g/mol. The highest BCUT2D eigenvalue weighted by Gasteiger charge is 2.25. The first kappa shape index (κ1) is 11.6. The average Bonchev–Trinajstić information content (AvgIpc) is 2.53. The topological polar surface area (TPSA) is 29.9 Å². The zero-order valence-electron chi connectivity index (χ0n) is 10.9. The van der Waals surface area contributed by atoms with Gasteiger partial charge in [0, 0.05) is 17.3 Å². The zero-order valence-corrected chi connectivity index (χ0v) is 10.9. The van der Waals surface area contributed by atoms with Crippen molar-refractivity contribution >= 4 is 0 Å². The molecule has 0 amide bonds. The molecule has 1 N–H and O–H groups in total. The molecule has 0 saturated carbocycles. The Morgan fingerprint density at radius 2 is 2.12 bits per heavy atom. The molecule has 0 bridgehead atoms. The zero-order chi connectivity index (χ0) is 11.8. The van der Waals surface area contributed by atoms with Crippen LogP contribution in [-0.2, 0) is 12.0 Å². The van der Waals surface area contributed by atoms with Crippen molar-refractivity contribution in [2.75, 3.05) is 7.05 Å². The first-order valence-corrected chi connectivity index (χ1v) is 6.28. The number of hydrogen-bond donors (Lipinski definition) is 1. The Morgan fingerprint density at radius 3 is 2.75 bits per heavy atom. The molecule has 0 fully saturated rings. The van der Waals surface area contributed by atoms with E-state index < -0.39 is 0 Å². The number of aromatic nitrogens is 2. The standard InChI is InChI=1S/C13H23N3/c1-13(2,3)16-12-8-6-5-7-11(14-4)10(12)9-15-16/h9,11,14H,5-8H2,1-4H3. The van der Waals surface area contributed by atoms with Crippen molar-refractivity contribution in [3.05, 3.63) is 17.5 Å². The molecule has 16 heavy (non-hydrogen) atoms.